The molecule has 0 spiro atoms. The molecule has 0 saturated heterocycles. The molecule has 7 heteroatoms. The van der Waals surface area contributed by atoms with Gasteiger partial charge >= 0.3 is 0 Å². The first-order valence-electron chi connectivity index (χ1n) is 9.73. The van der Waals surface area contributed by atoms with Gasteiger partial charge in [-0.3, -0.25) is 4.79 Å². The van der Waals surface area contributed by atoms with Gasteiger partial charge in [0.15, 0.2) is 0 Å². The van der Waals surface area contributed by atoms with Crippen LogP contribution in [0.25, 0.3) is 10.8 Å². The smallest absolute Gasteiger partial charge is 0.245 e. The average Bonchev–Trinajstić information content (AvgIpc) is 2.69. The topological polar surface area (TPSA) is 84.5 Å². The summed E-state index contributed by atoms with van der Waals surface area (Å²) >= 11 is 0. The standard InChI is InChI=1S/C23H26N2O4S/c1-4-29-21-15-14-20(18-12-8-9-13-19(18)21)24-22(26)23(2,3)25-30(27,28)16-17-10-6-5-7-11-17/h5-15,25H,4,16H2,1-3H3,(H,24,26). The fourth-order valence-electron chi connectivity index (χ4n) is 3.21. The zero-order chi connectivity index (χ0) is 21.8. The van der Waals surface area contributed by atoms with E-state index in [1.54, 1.807) is 50.2 Å². The van der Waals surface area contributed by atoms with Crippen molar-refractivity contribution in [3.05, 3.63) is 72.3 Å². The lowest BCUT2D eigenvalue weighted by molar-refractivity contribution is -0.120. The van der Waals surface area contributed by atoms with Gasteiger partial charge in [0.2, 0.25) is 15.9 Å². The lowest BCUT2D eigenvalue weighted by atomic mass is 10.0. The Balaban J connectivity index is 1.80. The van der Waals surface area contributed by atoms with E-state index in [9.17, 15) is 13.2 Å². The number of ether oxygens (including phenoxy) is 1. The molecule has 3 rings (SSSR count). The van der Waals surface area contributed by atoms with Crippen LogP contribution < -0.4 is 14.8 Å². The molecule has 0 aliphatic rings. The third-order valence-electron chi connectivity index (χ3n) is 4.61. The van der Waals surface area contributed by atoms with Crippen molar-refractivity contribution in [1.29, 1.82) is 0 Å². The third kappa shape index (κ3) is 5.17. The average molecular weight is 427 g/mol. The van der Waals surface area contributed by atoms with Crippen LogP contribution in [0, 0.1) is 0 Å². The van der Waals surface area contributed by atoms with E-state index in [2.05, 4.69) is 10.0 Å². The summed E-state index contributed by atoms with van der Waals surface area (Å²) in [6, 6.07) is 20.0. The van der Waals surface area contributed by atoms with Crippen LogP contribution in [-0.2, 0) is 20.6 Å². The number of hydrogen-bond acceptors (Lipinski definition) is 4. The molecular formula is C23H26N2O4S. The molecule has 6 nitrogen and oxygen atoms in total. The summed E-state index contributed by atoms with van der Waals surface area (Å²) in [7, 11) is -3.72. The number of carbonyl (C=O) groups excluding carboxylic acids is 1. The molecular weight excluding hydrogens is 400 g/mol. The van der Waals surface area contributed by atoms with E-state index >= 15 is 0 Å². The first-order chi connectivity index (χ1) is 14.2. The minimum absolute atomic E-state index is 0.198. The minimum atomic E-state index is -3.72. The highest BCUT2D eigenvalue weighted by molar-refractivity contribution is 7.88. The number of anilines is 1. The Kier molecular flexibility index (Phi) is 6.43. The van der Waals surface area contributed by atoms with Gasteiger partial charge in [-0.2, -0.15) is 4.72 Å². The second-order valence-electron chi connectivity index (χ2n) is 7.52. The van der Waals surface area contributed by atoms with Crippen LogP contribution in [0.15, 0.2) is 66.7 Å². The molecule has 0 unspecified atom stereocenters. The van der Waals surface area contributed by atoms with Crippen LogP contribution in [-0.4, -0.2) is 26.5 Å². The molecule has 0 heterocycles. The zero-order valence-electron chi connectivity index (χ0n) is 17.3. The van der Waals surface area contributed by atoms with E-state index in [1.165, 1.54) is 0 Å². The fraction of sp³-hybridized carbons (Fsp3) is 0.261. The van der Waals surface area contributed by atoms with Crippen LogP contribution in [0.5, 0.6) is 5.75 Å². The summed E-state index contributed by atoms with van der Waals surface area (Å²) in [5, 5.41) is 4.55. The van der Waals surface area contributed by atoms with E-state index in [4.69, 9.17) is 4.74 Å². The highest BCUT2D eigenvalue weighted by Crippen LogP contribution is 2.32. The number of carbonyl (C=O) groups is 1. The molecule has 0 atom stereocenters. The van der Waals surface area contributed by atoms with Crippen LogP contribution in [0.2, 0.25) is 0 Å². The first-order valence-corrected chi connectivity index (χ1v) is 11.4. The summed E-state index contributed by atoms with van der Waals surface area (Å²) in [5.74, 6) is 0.0821. The second-order valence-corrected chi connectivity index (χ2v) is 9.24. The Morgan fingerprint density at radius 1 is 0.933 bits per heavy atom. The van der Waals surface area contributed by atoms with Crippen LogP contribution in [0.4, 0.5) is 5.69 Å². The summed E-state index contributed by atoms with van der Waals surface area (Å²) in [5.41, 5.74) is -0.0964. The molecule has 158 valence electrons. The molecule has 0 aliphatic carbocycles. The van der Waals surface area contributed by atoms with Crippen LogP contribution in [0.3, 0.4) is 0 Å². The van der Waals surface area contributed by atoms with Gasteiger partial charge in [-0.25, -0.2) is 8.42 Å². The van der Waals surface area contributed by atoms with Gasteiger partial charge in [-0.1, -0.05) is 54.6 Å². The lowest BCUT2D eigenvalue weighted by Gasteiger charge is -2.25. The number of fused-ring (bicyclic) bond motifs is 1. The minimum Gasteiger partial charge on any atom is -0.493 e. The van der Waals surface area contributed by atoms with Gasteiger partial charge in [0.05, 0.1) is 12.4 Å². The summed E-state index contributed by atoms with van der Waals surface area (Å²) in [4.78, 5) is 12.9. The maximum absolute atomic E-state index is 12.9. The van der Waals surface area contributed by atoms with Gasteiger partial charge in [-0.05, 0) is 38.5 Å². The predicted molar refractivity (Wildman–Crippen MR) is 120 cm³/mol. The number of rotatable bonds is 8. The highest BCUT2D eigenvalue weighted by atomic mass is 32.2. The van der Waals surface area contributed by atoms with E-state index in [-0.39, 0.29) is 5.75 Å². The summed E-state index contributed by atoms with van der Waals surface area (Å²) in [6.07, 6.45) is 0. The zero-order valence-corrected chi connectivity index (χ0v) is 18.1. The predicted octanol–water partition coefficient (Wildman–Crippen LogP) is 4.08. The van der Waals surface area contributed by atoms with Crippen LogP contribution in [0.1, 0.15) is 26.3 Å². The largest absolute Gasteiger partial charge is 0.493 e. The van der Waals surface area contributed by atoms with Gasteiger partial charge in [0, 0.05) is 16.5 Å². The Morgan fingerprint density at radius 3 is 2.23 bits per heavy atom. The quantitative estimate of drug-likeness (QED) is 0.569. The molecule has 30 heavy (non-hydrogen) atoms. The Hall–Kier alpha value is -2.90. The molecule has 0 aliphatic heterocycles. The highest BCUT2D eigenvalue weighted by Gasteiger charge is 2.33. The number of amides is 1. The summed E-state index contributed by atoms with van der Waals surface area (Å²) in [6.45, 7) is 5.53. The van der Waals surface area contributed by atoms with E-state index < -0.39 is 21.5 Å². The molecule has 0 fully saturated rings. The van der Waals surface area contributed by atoms with Crippen molar-refractivity contribution in [2.75, 3.05) is 11.9 Å². The lowest BCUT2D eigenvalue weighted by Crippen LogP contribution is -2.52. The van der Waals surface area contributed by atoms with Crippen molar-refractivity contribution in [1.82, 2.24) is 4.72 Å². The van der Waals surface area contributed by atoms with Crippen molar-refractivity contribution in [2.24, 2.45) is 0 Å². The molecule has 3 aromatic rings. The Labute approximate surface area is 177 Å². The van der Waals surface area contributed by atoms with E-state index in [0.717, 1.165) is 16.5 Å². The number of benzene rings is 3. The van der Waals surface area contributed by atoms with Crippen molar-refractivity contribution in [3.8, 4) is 5.75 Å². The van der Waals surface area contributed by atoms with Crippen molar-refractivity contribution in [2.45, 2.75) is 32.1 Å². The molecule has 1 amide bonds. The molecule has 0 aromatic heterocycles. The van der Waals surface area contributed by atoms with E-state index in [0.29, 0.717) is 17.9 Å². The molecule has 0 bridgehead atoms. The second kappa shape index (κ2) is 8.85. The van der Waals surface area contributed by atoms with Gasteiger partial charge < -0.3 is 10.1 Å². The Bertz CT molecular complexity index is 1140. The number of nitrogens with one attached hydrogen (secondary N) is 2. The maximum Gasteiger partial charge on any atom is 0.245 e. The third-order valence-corrected chi connectivity index (χ3v) is 6.14. The molecule has 3 aromatic carbocycles. The normalized spacial score (nSPS) is 12.0. The van der Waals surface area contributed by atoms with Gasteiger partial charge in [0.1, 0.15) is 11.3 Å². The maximum atomic E-state index is 12.9. The number of hydrogen-bond donors (Lipinski definition) is 2. The summed E-state index contributed by atoms with van der Waals surface area (Å²) < 4.78 is 33.4. The number of sulfonamides is 1. The molecule has 0 saturated carbocycles. The molecule has 0 radical (unpaired) electrons. The van der Waals surface area contributed by atoms with Crippen LogP contribution >= 0.6 is 0 Å². The Morgan fingerprint density at radius 2 is 1.57 bits per heavy atom. The van der Waals surface area contributed by atoms with E-state index in [1.807, 2.05) is 37.3 Å². The monoisotopic (exact) mass is 426 g/mol. The molecule has 2 N–H and O–H groups in total. The first kappa shape index (κ1) is 21.8. The van der Waals surface area contributed by atoms with Gasteiger partial charge in [-0.15, -0.1) is 0 Å². The van der Waals surface area contributed by atoms with Crippen molar-refractivity contribution >= 4 is 32.4 Å². The fourth-order valence-corrected chi connectivity index (χ4v) is 4.78. The van der Waals surface area contributed by atoms with Gasteiger partial charge in [0.25, 0.3) is 0 Å². The van der Waals surface area contributed by atoms with Crippen molar-refractivity contribution in [3.63, 3.8) is 0 Å². The SMILES string of the molecule is CCOc1ccc(NC(=O)C(C)(C)NS(=O)(=O)Cc2ccccc2)c2ccccc12. The van der Waals surface area contributed by atoms with Crippen molar-refractivity contribution < 1.29 is 17.9 Å².